The van der Waals surface area contributed by atoms with Crippen LogP contribution in [0, 0.1) is 11.3 Å². The van der Waals surface area contributed by atoms with Gasteiger partial charge in [-0.3, -0.25) is 0 Å². The zero-order chi connectivity index (χ0) is 12.6. The first-order chi connectivity index (χ1) is 7.44. The molecule has 0 saturated heterocycles. The molecule has 0 aliphatic rings. The Morgan fingerprint density at radius 1 is 1.44 bits per heavy atom. The third-order valence-electron chi connectivity index (χ3n) is 1.96. The van der Waals surface area contributed by atoms with Gasteiger partial charge < -0.3 is 4.74 Å². The first kappa shape index (κ1) is 15.4. The van der Waals surface area contributed by atoms with E-state index in [1.807, 2.05) is 13.8 Å². The predicted molar refractivity (Wildman–Crippen MR) is 62.3 cm³/mol. The average molecular weight is 248 g/mol. The van der Waals surface area contributed by atoms with Gasteiger partial charge in [-0.1, -0.05) is 6.92 Å². The molecule has 0 aromatic heterocycles. The van der Waals surface area contributed by atoms with Crippen molar-refractivity contribution in [2.75, 3.05) is 13.2 Å². The first-order valence-electron chi connectivity index (χ1n) is 5.43. The van der Waals surface area contributed by atoms with Crippen molar-refractivity contribution in [3.63, 3.8) is 0 Å². The smallest absolute Gasteiger partial charge is 0.227 e. The summed E-state index contributed by atoms with van der Waals surface area (Å²) in [6.45, 7) is 6.35. The molecule has 0 spiro atoms. The molecule has 0 heterocycles. The van der Waals surface area contributed by atoms with Gasteiger partial charge in [-0.25, -0.2) is 13.1 Å². The third kappa shape index (κ3) is 6.05. The Bertz CT molecular complexity index is 319. The van der Waals surface area contributed by atoms with Gasteiger partial charge in [0.2, 0.25) is 10.0 Å². The molecule has 0 saturated carbocycles. The fraction of sp³-hybridized carbons (Fsp3) is 0.900. The lowest BCUT2D eigenvalue weighted by molar-refractivity contribution is 0.0778. The van der Waals surface area contributed by atoms with Crippen LogP contribution in [0.3, 0.4) is 0 Å². The van der Waals surface area contributed by atoms with Crippen molar-refractivity contribution in [2.45, 2.75) is 45.0 Å². The lowest BCUT2D eigenvalue weighted by Gasteiger charge is -2.10. The van der Waals surface area contributed by atoms with Gasteiger partial charge in [-0.15, -0.1) is 0 Å². The quantitative estimate of drug-likeness (QED) is 0.650. The lowest BCUT2D eigenvalue weighted by Crippen LogP contribution is -2.34. The van der Waals surface area contributed by atoms with Crippen LogP contribution in [0.1, 0.15) is 33.6 Å². The molecule has 0 amide bonds. The number of sulfonamides is 1. The summed E-state index contributed by atoms with van der Waals surface area (Å²) < 4.78 is 30.7. The summed E-state index contributed by atoms with van der Waals surface area (Å²) >= 11 is 0. The molecular formula is C10H20N2O3S. The molecule has 0 rings (SSSR count). The maximum atomic E-state index is 11.5. The van der Waals surface area contributed by atoms with Gasteiger partial charge in [-0.05, 0) is 26.7 Å². The largest absolute Gasteiger partial charge is 0.379 e. The Morgan fingerprint density at radius 2 is 2.06 bits per heavy atom. The van der Waals surface area contributed by atoms with E-state index in [1.165, 1.54) is 0 Å². The van der Waals surface area contributed by atoms with Gasteiger partial charge in [0, 0.05) is 13.2 Å². The van der Waals surface area contributed by atoms with Crippen LogP contribution in [0.25, 0.3) is 0 Å². The third-order valence-corrected chi connectivity index (χ3v) is 3.76. The molecule has 0 radical (unpaired) electrons. The minimum atomic E-state index is -3.49. The molecule has 5 nitrogen and oxygen atoms in total. The Labute approximate surface area is 97.8 Å². The zero-order valence-electron chi connectivity index (χ0n) is 10.1. The van der Waals surface area contributed by atoms with Gasteiger partial charge in [0.1, 0.15) is 0 Å². The molecule has 0 aliphatic carbocycles. The Morgan fingerprint density at radius 3 is 2.50 bits per heavy atom. The van der Waals surface area contributed by atoms with Crippen LogP contribution >= 0.6 is 0 Å². The molecule has 0 fully saturated rings. The van der Waals surface area contributed by atoms with Crippen LogP contribution in [-0.4, -0.2) is 32.9 Å². The van der Waals surface area contributed by atoms with E-state index in [9.17, 15) is 8.42 Å². The van der Waals surface area contributed by atoms with E-state index in [1.54, 1.807) is 13.0 Å². The van der Waals surface area contributed by atoms with Gasteiger partial charge in [-0.2, -0.15) is 5.26 Å². The summed E-state index contributed by atoms with van der Waals surface area (Å²) in [5.41, 5.74) is 0. The van der Waals surface area contributed by atoms with Crippen molar-refractivity contribution < 1.29 is 13.2 Å². The second kappa shape index (κ2) is 7.60. The van der Waals surface area contributed by atoms with Crippen molar-refractivity contribution in [3.05, 3.63) is 0 Å². The second-order valence-corrected chi connectivity index (χ2v) is 5.69. The van der Waals surface area contributed by atoms with Gasteiger partial charge >= 0.3 is 0 Å². The SMILES string of the molecule is CCC(C#N)S(=O)(=O)NCCCOC(C)C. The molecule has 6 heteroatoms. The highest BCUT2D eigenvalue weighted by Crippen LogP contribution is 2.02. The zero-order valence-corrected chi connectivity index (χ0v) is 10.9. The number of hydrogen-bond donors (Lipinski definition) is 1. The van der Waals surface area contributed by atoms with E-state index in [0.717, 1.165) is 0 Å². The van der Waals surface area contributed by atoms with Crippen molar-refractivity contribution in [2.24, 2.45) is 0 Å². The van der Waals surface area contributed by atoms with Crippen molar-refractivity contribution in [3.8, 4) is 6.07 Å². The number of nitrogens with zero attached hydrogens (tertiary/aromatic N) is 1. The second-order valence-electron chi connectivity index (χ2n) is 3.74. The van der Waals surface area contributed by atoms with Gasteiger partial charge in [0.05, 0.1) is 12.2 Å². The molecular weight excluding hydrogens is 228 g/mol. The molecule has 0 aromatic rings. The van der Waals surface area contributed by atoms with Crippen molar-refractivity contribution in [1.82, 2.24) is 4.72 Å². The van der Waals surface area contributed by atoms with Crippen molar-refractivity contribution >= 4 is 10.0 Å². The highest BCUT2D eigenvalue weighted by Gasteiger charge is 2.22. The maximum Gasteiger partial charge on any atom is 0.227 e. The Kier molecular flexibility index (Phi) is 7.30. The topological polar surface area (TPSA) is 79.2 Å². The predicted octanol–water partition coefficient (Wildman–Crippen LogP) is 1.02. The summed E-state index contributed by atoms with van der Waals surface area (Å²) in [6.07, 6.45) is 1.06. The molecule has 0 aromatic carbocycles. The summed E-state index contributed by atoms with van der Waals surface area (Å²) in [5, 5.41) is 7.68. The fourth-order valence-electron chi connectivity index (χ4n) is 1.09. The van der Waals surface area contributed by atoms with E-state index in [-0.39, 0.29) is 6.10 Å². The van der Waals surface area contributed by atoms with Crippen LogP contribution in [0.15, 0.2) is 0 Å². The molecule has 1 atom stereocenters. The van der Waals surface area contributed by atoms with Crippen LogP contribution in [0.2, 0.25) is 0 Å². The van der Waals surface area contributed by atoms with E-state index < -0.39 is 15.3 Å². The Balaban J connectivity index is 3.89. The minimum Gasteiger partial charge on any atom is -0.379 e. The molecule has 94 valence electrons. The van der Waals surface area contributed by atoms with Crippen LogP contribution in [0.4, 0.5) is 0 Å². The normalized spacial score (nSPS) is 13.7. The van der Waals surface area contributed by atoms with E-state index >= 15 is 0 Å². The standard InChI is InChI=1S/C10H20N2O3S/c1-4-10(8-11)16(13,14)12-6-5-7-15-9(2)3/h9-10,12H,4-7H2,1-3H3. The monoisotopic (exact) mass is 248 g/mol. The number of nitriles is 1. The summed E-state index contributed by atoms with van der Waals surface area (Å²) in [5.74, 6) is 0. The number of ether oxygens (including phenoxy) is 1. The van der Waals surface area contributed by atoms with Crippen LogP contribution in [0.5, 0.6) is 0 Å². The van der Waals surface area contributed by atoms with Crippen LogP contribution < -0.4 is 4.72 Å². The van der Waals surface area contributed by atoms with E-state index in [0.29, 0.717) is 26.0 Å². The maximum absolute atomic E-state index is 11.5. The average Bonchev–Trinajstić information content (AvgIpc) is 2.17. The number of rotatable bonds is 8. The van der Waals surface area contributed by atoms with Gasteiger partial charge in [0.25, 0.3) is 0 Å². The highest BCUT2D eigenvalue weighted by atomic mass is 32.2. The van der Waals surface area contributed by atoms with E-state index in [4.69, 9.17) is 10.00 Å². The molecule has 0 bridgehead atoms. The van der Waals surface area contributed by atoms with Gasteiger partial charge in [0.15, 0.2) is 5.25 Å². The summed E-state index contributed by atoms with van der Waals surface area (Å²) in [6, 6.07) is 1.77. The molecule has 1 N–H and O–H groups in total. The Hall–Kier alpha value is -0.640. The number of hydrogen-bond acceptors (Lipinski definition) is 4. The summed E-state index contributed by atoms with van der Waals surface area (Å²) in [7, 11) is -3.49. The first-order valence-corrected chi connectivity index (χ1v) is 6.98. The molecule has 16 heavy (non-hydrogen) atoms. The molecule has 1 unspecified atom stereocenters. The van der Waals surface area contributed by atoms with Crippen LogP contribution in [-0.2, 0) is 14.8 Å². The van der Waals surface area contributed by atoms with Crippen molar-refractivity contribution in [1.29, 1.82) is 5.26 Å². The summed E-state index contributed by atoms with van der Waals surface area (Å²) in [4.78, 5) is 0. The lowest BCUT2D eigenvalue weighted by atomic mass is 10.4. The highest BCUT2D eigenvalue weighted by molar-refractivity contribution is 7.90. The fourth-order valence-corrected chi connectivity index (χ4v) is 2.29. The molecule has 0 aliphatic heterocycles. The number of nitrogens with one attached hydrogen (secondary N) is 1. The minimum absolute atomic E-state index is 0.152. The van der Waals surface area contributed by atoms with E-state index in [2.05, 4.69) is 4.72 Å².